The van der Waals surface area contributed by atoms with Gasteiger partial charge in [-0.2, -0.15) is 15.2 Å². The SMILES string of the molecule is CC1=NC(=S)N(NC(=S)Nc2ccccc2)C(=O)[C@H]1N=Nc1ccc([N+](=O)[O-])cc1. The molecule has 0 saturated carbocycles. The first-order valence-corrected chi connectivity index (χ1v) is 9.38. The molecule has 30 heavy (non-hydrogen) atoms. The van der Waals surface area contributed by atoms with Crippen LogP contribution >= 0.6 is 24.4 Å². The van der Waals surface area contributed by atoms with E-state index in [0.717, 1.165) is 10.7 Å². The molecule has 0 radical (unpaired) electrons. The van der Waals surface area contributed by atoms with Crippen LogP contribution in [-0.2, 0) is 4.79 Å². The molecule has 1 amide bonds. The van der Waals surface area contributed by atoms with Gasteiger partial charge in [0.2, 0.25) is 5.11 Å². The smallest absolute Gasteiger partial charge is 0.280 e. The largest absolute Gasteiger partial charge is 0.331 e. The van der Waals surface area contributed by atoms with E-state index in [1.54, 1.807) is 6.92 Å². The van der Waals surface area contributed by atoms with Gasteiger partial charge in [-0.1, -0.05) is 18.2 Å². The van der Waals surface area contributed by atoms with Crippen molar-refractivity contribution in [1.82, 2.24) is 10.4 Å². The lowest BCUT2D eigenvalue weighted by Gasteiger charge is -2.29. The number of thiocarbonyl (C=S) groups is 2. The highest BCUT2D eigenvalue weighted by atomic mass is 32.1. The number of benzene rings is 2. The van der Waals surface area contributed by atoms with E-state index in [1.807, 2.05) is 30.3 Å². The van der Waals surface area contributed by atoms with Crippen LogP contribution in [0.5, 0.6) is 0 Å². The maximum absolute atomic E-state index is 12.9. The first-order chi connectivity index (χ1) is 14.3. The Morgan fingerprint density at radius 3 is 2.50 bits per heavy atom. The maximum atomic E-state index is 12.9. The van der Waals surface area contributed by atoms with Gasteiger partial charge < -0.3 is 5.32 Å². The highest BCUT2D eigenvalue weighted by molar-refractivity contribution is 7.80. The number of hydrogen-bond donors (Lipinski definition) is 2. The molecule has 3 rings (SSSR count). The number of nitrogens with one attached hydrogen (secondary N) is 2. The van der Waals surface area contributed by atoms with Crippen molar-refractivity contribution in [3.05, 3.63) is 64.7 Å². The monoisotopic (exact) mass is 441 g/mol. The molecule has 10 nitrogen and oxygen atoms in total. The van der Waals surface area contributed by atoms with Crippen molar-refractivity contribution in [3.8, 4) is 0 Å². The van der Waals surface area contributed by atoms with E-state index in [0.29, 0.717) is 11.4 Å². The van der Waals surface area contributed by atoms with Crippen molar-refractivity contribution in [2.75, 3.05) is 5.32 Å². The number of nitro benzene ring substituents is 1. The number of carbonyl (C=O) groups is 1. The van der Waals surface area contributed by atoms with E-state index in [2.05, 4.69) is 26.0 Å². The molecule has 0 bridgehead atoms. The minimum Gasteiger partial charge on any atom is -0.331 e. The van der Waals surface area contributed by atoms with E-state index in [1.165, 1.54) is 24.3 Å². The van der Waals surface area contributed by atoms with Crippen LogP contribution in [0.2, 0.25) is 0 Å². The number of nitrogens with zero attached hydrogens (tertiary/aromatic N) is 5. The molecule has 2 aromatic rings. The number of azo groups is 1. The molecule has 1 aliphatic rings. The Kier molecular flexibility index (Phi) is 6.49. The summed E-state index contributed by atoms with van der Waals surface area (Å²) >= 11 is 10.4. The Bertz CT molecular complexity index is 1060. The first-order valence-electron chi connectivity index (χ1n) is 8.56. The summed E-state index contributed by atoms with van der Waals surface area (Å²) in [7, 11) is 0. The molecule has 12 heteroatoms. The van der Waals surface area contributed by atoms with Crippen molar-refractivity contribution >= 4 is 63.3 Å². The summed E-state index contributed by atoms with van der Waals surface area (Å²) in [4.78, 5) is 27.2. The van der Waals surface area contributed by atoms with Crippen LogP contribution in [0.15, 0.2) is 69.8 Å². The van der Waals surface area contributed by atoms with Crippen LogP contribution in [0.25, 0.3) is 0 Å². The van der Waals surface area contributed by atoms with Gasteiger partial charge in [0.25, 0.3) is 11.6 Å². The van der Waals surface area contributed by atoms with E-state index in [-0.39, 0.29) is 15.9 Å². The molecule has 0 fully saturated rings. The van der Waals surface area contributed by atoms with Crippen LogP contribution in [-0.4, -0.2) is 37.8 Å². The molecule has 0 saturated heterocycles. The van der Waals surface area contributed by atoms with E-state index < -0.39 is 16.9 Å². The number of amides is 1. The summed E-state index contributed by atoms with van der Waals surface area (Å²) in [6.07, 6.45) is 0. The zero-order valence-corrected chi connectivity index (χ0v) is 17.2. The third-order valence-corrected chi connectivity index (χ3v) is 4.37. The minimum atomic E-state index is -1.01. The minimum absolute atomic E-state index is 0.00324. The Morgan fingerprint density at radius 1 is 1.20 bits per heavy atom. The van der Waals surface area contributed by atoms with Crippen LogP contribution in [0.3, 0.4) is 0 Å². The average molecular weight is 441 g/mol. The zero-order chi connectivity index (χ0) is 21.7. The number of para-hydroxylation sites is 1. The number of hydrazine groups is 1. The number of anilines is 1. The van der Waals surface area contributed by atoms with Crippen LogP contribution in [0, 0.1) is 10.1 Å². The molecule has 152 valence electrons. The summed E-state index contributed by atoms with van der Waals surface area (Å²) in [5.41, 5.74) is 4.11. The molecule has 1 atom stereocenters. The number of aliphatic imine (C=N–C) groups is 1. The predicted octanol–water partition coefficient (Wildman–Crippen LogP) is 3.54. The second-order valence-corrected chi connectivity index (χ2v) is 6.81. The summed E-state index contributed by atoms with van der Waals surface area (Å²) in [5.74, 6) is -0.504. The molecule has 0 spiro atoms. The quantitative estimate of drug-likeness (QED) is 0.315. The molecular weight excluding hydrogens is 426 g/mol. The van der Waals surface area contributed by atoms with Crippen molar-refractivity contribution < 1.29 is 9.72 Å². The van der Waals surface area contributed by atoms with E-state index in [9.17, 15) is 14.9 Å². The summed E-state index contributed by atoms with van der Waals surface area (Å²) in [6, 6.07) is 13.6. The van der Waals surface area contributed by atoms with Gasteiger partial charge in [0, 0.05) is 17.8 Å². The van der Waals surface area contributed by atoms with Gasteiger partial charge in [-0.3, -0.25) is 20.3 Å². The van der Waals surface area contributed by atoms with E-state index in [4.69, 9.17) is 24.4 Å². The number of nitro groups is 1. The van der Waals surface area contributed by atoms with Gasteiger partial charge in [0.1, 0.15) is 0 Å². The number of hydrogen-bond acceptors (Lipinski definition) is 7. The topological polar surface area (TPSA) is 125 Å². The van der Waals surface area contributed by atoms with Crippen LogP contribution in [0.1, 0.15) is 6.92 Å². The predicted molar refractivity (Wildman–Crippen MR) is 120 cm³/mol. The fraction of sp³-hybridized carbons (Fsp3) is 0.111. The lowest BCUT2D eigenvalue weighted by molar-refractivity contribution is -0.384. The molecule has 1 heterocycles. The summed E-state index contributed by atoms with van der Waals surface area (Å²) in [6.45, 7) is 1.61. The zero-order valence-electron chi connectivity index (χ0n) is 15.6. The third kappa shape index (κ3) is 5.04. The van der Waals surface area contributed by atoms with Crippen LogP contribution in [0.4, 0.5) is 17.1 Å². The van der Waals surface area contributed by atoms with Crippen LogP contribution < -0.4 is 10.7 Å². The summed E-state index contributed by atoms with van der Waals surface area (Å²) < 4.78 is 0. The van der Waals surface area contributed by atoms with E-state index >= 15 is 0 Å². The molecule has 1 aliphatic heterocycles. The maximum Gasteiger partial charge on any atom is 0.280 e. The van der Waals surface area contributed by atoms with Crippen molar-refractivity contribution in [1.29, 1.82) is 0 Å². The van der Waals surface area contributed by atoms with Gasteiger partial charge in [0.05, 0.1) is 16.3 Å². The number of carbonyl (C=O) groups excluding carboxylic acids is 1. The third-order valence-electron chi connectivity index (χ3n) is 3.91. The Morgan fingerprint density at radius 2 is 1.87 bits per heavy atom. The lowest BCUT2D eigenvalue weighted by Crippen LogP contribution is -2.57. The summed E-state index contributed by atoms with van der Waals surface area (Å²) in [5, 5.41) is 22.9. The standard InChI is InChI=1S/C18H15N7O3S2/c1-11-15(22-21-13-7-9-14(10-8-13)25(27)28)16(26)24(18(30)19-11)23-17(29)20-12-5-3-2-4-6-12/h2-10,15H,1H3,(H2,20,23,29)/t15-/m0/s1. The van der Waals surface area contributed by atoms with Gasteiger partial charge in [-0.05, 0) is 55.6 Å². The van der Waals surface area contributed by atoms with Gasteiger partial charge in [-0.15, -0.1) is 0 Å². The normalized spacial score (nSPS) is 16.4. The fourth-order valence-corrected chi connectivity index (χ4v) is 2.93. The lowest BCUT2D eigenvalue weighted by atomic mass is 10.1. The molecule has 2 N–H and O–H groups in total. The Balaban J connectivity index is 1.72. The van der Waals surface area contributed by atoms with Gasteiger partial charge >= 0.3 is 0 Å². The molecule has 0 aromatic heterocycles. The second-order valence-electron chi connectivity index (χ2n) is 6.03. The van der Waals surface area contributed by atoms with Gasteiger partial charge in [0.15, 0.2) is 11.2 Å². The average Bonchev–Trinajstić information content (AvgIpc) is 2.72. The Labute approximate surface area is 181 Å². The second kappa shape index (κ2) is 9.24. The van der Waals surface area contributed by atoms with Gasteiger partial charge in [-0.25, -0.2) is 4.99 Å². The highest BCUT2D eigenvalue weighted by Gasteiger charge is 2.34. The fourth-order valence-electron chi connectivity index (χ4n) is 2.44. The molecule has 0 unspecified atom stereocenters. The highest BCUT2D eigenvalue weighted by Crippen LogP contribution is 2.20. The number of rotatable bonds is 5. The molecule has 2 aromatic carbocycles. The Hall–Kier alpha value is -3.64. The van der Waals surface area contributed by atoms with Crippen molar-refractivity contribution in [2.24, 2.45) is 15.2 Å². The molecule has 0 aliphatic carbocycles. The molecular formula is C18H15N7O3S2. The van der Waals surface area contributed by atoms with Crippen molar-refractivity contribution in [2.45, 2.75) is 13.0 Å². The number of non-ortho nitro benzene ring substituents is 1. The van der Waals surface area contributed by atoms with Crippen molar-refractivity contribution in [3.63, 3.8) is 0 Å². The first kappa shape index (κ1) is 21.1.